The first kappa shape index (κ1) is 23.2. The van der Waals surface area contributed by atoms with E-state index >= 15 is 0 Å². The predicted octanol–water partition coefficient (Wildman–Crippen LogP) is 2.40. The van der Waals surface area contributed by atoms with Crippen LogP contribution in [-0.4, -0.2) is 62.9 Å². The average molecular weight is 446 g/mol. The van der Waals surface area contributed by atoms with E-state index in [1.54, 1.807) is 19.2 Å². The van der Waals surface area contributed by atoms with Crippen LogP contribution in [0, 0.1) is 6.92 Å². The molecule has 0 radical (unpaired) electrons. The van der Waals surface area contributed by atoms with Gasteiger partial charge in [0, 0.05) is 32.7 Å². The summed E-state index contributed by atoms with van der Waals surface area (Å²) in [5, 5.41) is 2.97. The van der Waals surface area contributed by atoms with Crippen LogP contribution in [0.2, 0.25) is 0 Å². The molecular weight excluding hydrogens is 414 g/mol. The first-order chi connectivity index (χ1) is 14.8. The number of benzene rings is 2. The molecule has 31 heavy (non-hydrogen) atoms. The van der Waals surface area contributed by atoms with Crippen LogP contribution in [-0.2, 0) is 21.4 Å². The fraction of sp³-hybridized carbons (Fsp3) is 0.435. The maximum absolute atomic E-state index is 13.0. The molecule has 0 bridgehead atoms. The van der Waals surface area contributed by atoms with E-state index in [2.05, 4.69) is 5.32 Å². The molecule has 0 aromatic heterocycles. The number of amides is 1. The Morgan fingerprint density at radius 3 is 2.35 bits per heavy atom. The van der Waals surface area contributed by atoms with Crippen molar-refractivity contribution in [3.05, 3.63) is 59.7 Å². The van der Waals surface area contributed by atoms with Crippen LogP contribution in [0.4, 0.5) is 0 Å². The number of sulfonamides is 1. The van der Waals surface area contributed by atoms with Gasteiger partial charge in [-0.1, -0.05) is 29.8 Å². The minimum absolute atomic E-state index is 0.0642. The van der Waals surface area contributed by atoms with Gasteiger partial charge in [-0.25, -0.2) is 8.42 Å². The lowest BCUT2D eigenvalue weighted by Crippen LogP contribution is -2.46. The highest BCUT2D eigenvalue weighted by molar-refractivity contribution is 7.89. The number of nitrogens with zero attached hydrogens (tertiary/aromatic N) is 2. The standard InChI is InChI=1S/C23H31N3O4S/c1-18-5-11-22(12-6-18)31(28,29)26-14-4-13-25(15-16-26)19(2)23(27)24-17-20-7-9-21(30-3)10-8-20/h5-12,19H,4,13-17H2,1-3H3,(H,24,27)/t19-/m0/s1. The van der Waals surface area contributed by atoms with E-state index in [9.17, 15) is 13.2 Å². The highest BCUT2D eigenvalue weighted by atomic mass is 32.2. The summed E-state index contributed by atoms with van der Waals surface area (Å²) in [5.74, 6) is 0.712. The van der Waals surface area contributed by atoms with E-state index in [0.29, 0.717) is 44.0 Å². The number of methoxy groups -OCH3 is 1. The van der Waals surface area contributed by atoms with Crippen LogP contribution in [0.5, 0.6) is 5.75 Å². The molecule has 1 aliphatic heterocycles. The lowest BCUT2D eigenvalue weighted by atomic mass is 10.2. The normalized spacial score (nSPS) is 17.0. The lowest BCUT2D eigenvalue weighted by molar-refractivity contribution is -0.126. The quantitative estimate of drug-likeness (QED) is 0.708. The summed E-state index contributed by atoms with van der Waals surface area (Å²) in [6, 6.07) is 14.2. The molecule has 1 heterocycles. The predicted molar refractivity (Wildman–Crippen MR) is 120 cm³/mol. The molecular formula is C23H31N3O4S. The first-order valence-electron chi connectivity index (χ1n) is 10.5. The fourth-order valence-electron chi connectivity index (χ4n) is 3.65. The summed E-state index contributed by atoms with van der Waals surface area (Å²) in [6.45, 7) is 6.25. The molecule has 7 nitrogen and oxygen atoms in total. The summed E-state index contributed by atoms with van der Waals surface area (Å²) >= 11 is 0. The summed E-state index contributed by atoms with van der Waals surface area (Å²) < 4.78 is 32.6. The molecule has 2 aromatic carbocycles. The van der Waals surface area contributed by atoms with E-state index in [4.69, 9.17) is 4.74 Å². The second-order valence-electron chi connectivity index (χ2n) is 7.85. The maximum Gasteiger partial charge on any atom is 0.243 e. The van der Waals surface area contributed by atoms with Crippen LogP contribution in [0.25, 0.3) is 0 Å². The average Bonchev–Trinajstić information content (AvgIpc) is 3.04. The van der Waals surface area contributed by atoms with Crippen molar-refractivity contribution in [1.29, 1.82) is 0 Å². The summed E-state index contributed by atoms with van der Waals surface area (Å²) in [6.07, 6.45) is 0.682. The molecule has 0 unspecified atom stereocenters. The molecule has 1 fully saturated rings. The lowest BCUT2D eigenvalue weighted by Gasteiger charge is -2.27. The molecule has 1 aliphatic rings. The number of nitrogens with one attached hydrogen (secondary N) is 1. The van der Waals surface area contributed by atoms with Gasteiger partial charge in [-0.05, 0) is 50.1 Å². The van der Waals surface area contributed by atoms with Gasteiger partial charge in [-0.2, -0.15) is 4.31 Å². The molecule has 2 aromatic rings. The van der Waals surface area contributed by atoms with Crippen molar-refractivity contribution in [2.75, 3.05) is 33.3 Å². The summed E-state index contributed by atoms with van der Waals surface area (Å²) in [5.41, 5.74) is 2.02. The minimum Gasteiger partial charge on any atom is -0.497 e. The molecule has 1 N–H and O–H groups in total. The van der Waals surface area contributed by atoms with Gasteiger partial charge in [0.05, 0.1) is 18.0 Å². The Bertz CT molecular complexity index is 975. The smallest absolute Gasteiger partial charge is 0.243 e. The third-order valence-electron chi connectivity index (χ3n) is 5.70. The van der Waals surface area contributed by atoms with Crippen molar-refractivity contribution in [1.82, 2.24) is 14.5 Å². The molecule has 1 atom stereocenters. The molecule has 0 aliphatic carbocycles. The number of carbonyl (C=O) groups excluding carboxylic acids is 1. The Morgan fingerprint density at radius 1 is 1.03 bits per heavy atom. The van der Waals surface area contributed by atoms with Crippen LogP contribution in [0.3, 0.4) is 0 Å². The zero-order valence-electron chi connectivity index (χ0n) is 18.4. The van der Waals surface area contributed by atoms with E-state index in [1.807, 2.05) is 55.1 Å². The Labute approximate surface area is 185 Å². The highest BCUT2D eigenvalue weighted by Gasteiger charge is 2.29. The summed E-state index contributed by atoms with van der Waals surface area (Å²) in [4.78, 5) is 15.0. The van der Waals surface area contributed by atoms with Crippen molar-refractivity contribution in [3.63, 3.8) is 0 Å². The monoisotopic (exact) mass is 445 g/mol. The van der Waals surface area contributed by atoms with Gasteiger partial charge < -0.3 is 10.1 Å². The van der Waals surface area contributed by atoms with E-state index in [0.717, 1.165) is 16.9 Å². The van der Waals surface area contributed by atoms with Crippen molar-refractivity contribution < 1.29 is 17.9 Å². The van der Waals surface area contributed by atoms with E-state index in [-0.39, 0.29) is 11.9 Å². The van der Waals surface area contributed by atoms with Crippen LogP contribution >= 0.6 is 0 Å². The number of aryl methyl sites for hydroxylation is 1. The molecule has 3 rings (SSSR count). The second-order valence-corrected chi connectivity index (χ2v) is 9.79. The molecule has 1 amide bonds. The first-order valence-corrected chi connectivity index (χ1v) is 12.0. The molecule has 8 heteroatoms. The minimum atomic E-state index is -3.53. The van der Waals surface area contributed by atoms with Gasteiger partial charge in [0.15, 0.2) is 0 Å². The third-order valence-corrected chi connectivity index (χ3v) is 7.61. The number of hydrogen-bond acceptors (Lipinski definition) is 5. The second kappa shape index (κ2) is 10.3. The van der Waals surface area contributed by atoms with Crippen molar-refractivity contribution >= 4 is 15.9 Å². The zero-order valence-corrected chi connectivity index (χ0v) is 19.2. The van der Waals surface area contributed by atoms with E-state index in [1.165, 1.54) is 4.31 Å². The molecule has 0 spiro atoms. The van der Waals surface area contributed by atoms with Crippen molar-refractivity contribution in [2.24, 2.45) is 0 Å². The van der Waals surface area contributed by atoms with Crippen molar-refractivity contribution in [3.8, 4) is 5.75 Å². The zero-order chi connectivity index (χ0) is 22.4. The van der Waals surface area contributed by atoms with E-state index < -0.39 is 10.0 Å². The van der Waals surface area contributed by atoms with Gasteiger partial charge in [0.25, 0.3) is 0 Å². The van der Waals surface area contributed by atoms with Gasteiger partial charge in [-0.15, -0.1) is 0 Å². The van der Waals surface area contributed by atoms with Crippen LogP contribution in [0.15, 0.2) is 53.4 Å². The fourth-order valence-corrected chi connectivity index (χ4v) is 5.12. The highest BCUT2D eigenvalue weighted by Crippen LogP contribution is 2.19. The molecule has 0 saturated carbocycles. The molecule has 168 valence electrons. The number of carbonyl (C=O) groups is 1. The Kier molecular flexibility index (Phi) is 7.69. The van der Waals surface area contributed by atoms with Gasteiger partial charge in [0.1, 0.15) is 5.75 Å². The van der Waals surface area contributed by atoms with Crippen LogP contribution < -0.4 is 10.1 Å². The SMILES string of the molecule is COc1ccc(CNC(=O)[C@H](C)N2CCCN(S(=O)(=O)c3ccc(C)cc3)CC2)cc1. The Hall–Kier alpha value is -2.42. The number of rotatable bonds is 7. The van der Waals surface area contributed by atoms with Gasteiger partial charge in [-0.3, -0.25) is 9.69 Å². The Morgan fingerprint density at radius 2 is 1.71 bits per heavy atom. The number of ether oxygens (including phenoxy) is 1. The van der Waals surface area contributed by atoms with Crippen LogP contribution in [0.1, 0.15) is 24.5 Å². The third kappa shape index (κ3) is 5.84. The van der Waals surface area contributed by atoms with Gasteiger partial charge >= 0.3 is 0 Å². The maximum atomic E-state index is 13.0. The summed E-state index contributed by atoms with van der Waals surface area (Å²) in [7, 11) is -1.91. The molecule has 1 saturated heterocycles. The van der Waals surface area contributed by atoms with Gasteiger partial charge in [0.2, 0.25) is 15.9 Å². The van der Waals surface area contributed by atoms with Crippen molar-refractivity contribution in [2.45, 2.75) is 37.8 Å². The number of hydrogen-bond donors (Lipinski definition) is 1. The topological polar surface area (TPSA) is 79.0 Å². The Balaban J connectivity index is 1.56. The largest absolute Gasteiger partial charge is 0.497 e.